The van der Waals surface area contributed by atoms with Crippen LogP contribution in [0.25, 0.3) is 0 Å². The molecule has 0 radical (unpaired) electrons. The van der Waals surface area contributed by atoms with Crippen molar-refractivity contribution in [1.29, 1.82) is 0 Å². The van der Waals surface area contributed by atoms with Crippen LogP contribution < -0.4 is 4.74 Å². The molecular weight excluding hydrogens is 236 g/mol. The van der Waals surface area contributed by atoms with E-state index in [0.29, 0.717) is 6.42 Å². The monoisotopic (exact) mass is 252 g/mol. The third kappa shape index (κ3) is 3.26. The fourth-order valence-corrected chi connectivity index (χ4v) is 1.47. The summed E-state index contributed by atoms with van der Waals surface area (Å²) >= 11 is 0. The summed E-state index contributed by atoms with van der Waals surface area (Å²) in [6.45, 7) is 3.69. The quantitative estimate of drug-likeness (QED) is 0.431. The fraction of sp³-hybridized carbons (Fsp3) is 0.500. The number of aromatic nitrogens is 2. The fourth-order valence-electron chi connectivity index (χ4n) is 1.47. The van der Waals surface area contributed by atoms with Crippen molar-refractivity contribution in [2.45, 2.75) is 20.3 Å². The molecule has 0 aliphatic rings. The molecule has 1 atom stereocenters. The second-order valence-electron chi connectivity index (χ2n) is 3.52. The third-order valence-corrected chi connectivity index (χ3v) is 2.40. The molecular formula is C12H16N2O4. The van der Waals surface area contributed by atoms with E-state index in [-0.39, 0.29) is 24.0 Å². The molecule has 6 heteroatoms. The average molecular weight is 252 g/mol. The van der Waals surface area contributed by atoms with Crippen molar-refractivity contribution in [1.82, 2.24) is 9.97 Å². The second kappa shape index (κ2) is 6.68. The Morgan fingerprint density at radius 3 is 2.61 bits per heavy atom. The number of Topliss-reactive ketones (excluding diaryl/α,β-unsaturated/α-hetero) is 1. The maximum Gasteiger partial charge on any atom is 0.316 e. The number of rotatable bonds is 6. The van der Waals surface area contributed by atoms with Gasteiger partial charge in [-0.3, -0.25) is 9.59 Å². The van der Waals surface area contributed by atoms with E-state index in [9.17, 15) is 9.59 Å². The van der Waals surface area contributed by atoms with Crippen molar-refractivity contribution in [2.24, 2.45) is 5.92 Å². The molecule has 6 nitrogen and oxygen atoms in total. The molecule has 0 aliphatic heterocycles. The maximum absolute atomic E-state index is 12.1. The summed E-state index contributed by atoms with van der Waals surface area (Å²) in [4.78, 5) is 31.4. The van der Waals surface area contributed by atoms with Crippen molar-refractivity contribution in [3.05, 3.63) is 18.1 Å². The lowest BCUT2D eigenvalue weighted by Gasteiger charge is -2.11. The molecule has 18 heavy (non-hydrogen) atoms. The number of hydrogen-bond donors (Lipinski definition) is 0. The number of ketones is 1. The molecule has 0 saturated heterocycles. The van der Waals surface area contributed by atoms with Crippen LogP contribution in [0.3, 0.4) is 0 Å². The molecule has 1 heterocycles. The van der Waals surface area contributed by atoms with Crippen molar-refractivity contribution in [3.8, 4) is 5.88 Å². The molecule has 0 aromatic carbocycles. The van der Waals surface area contributed by atoms with E-state index in [1.54, 1.807) is 13.8 Å². The van der Waals surface area contributed by atoms with Crippen LogP contribution in [0.15, 0.2) is 12.4 Å². The van der Waals surface area contributed by atoms with E-state index < -0.39 is 11.9 Å². The molecule has 1 unspecified atom stereocenters. The lowest BCUT2D eigenvalue weighted by Crippen LogP contribution is -2.26. The van der Waals surface area contributed by atoms with Gasteiger partial charge in [0.1, 0.15) is 17.9 Å². The molecule has 0 N–H and O–H groups in total. The predicted octanol–water partition coefficient (Wildman–Crippen LogP) is 1.26. The average Bonchev–Trinajstić information content (AvgIpc) is 2.40. The molecule has 0 amide bonds. The minimum atomic E-state index is -0.829. The van der Waals surface area contributed by atoms with Gasteiger partial charge in [0, 0.05) is 6.07 Å². The SMILES string of the molecule is CCOC(=O)C(CC)C(=O)c1cc(OC)ncn1. The number of esters is 1. The predicted molar refractivity (Wildman–Crippen MR) is 63.3 cm³/mol. The number of carbonyl (C=O) groups is 2. The zero-order valence-corrected chi connectivity index (χ0v) is 10.7. The lowest BCUT2D eigenvalue weighted by atomic mass is 9.99. The van der Waals surface area contributed by atoms with Gasteiger partial charge in [-0.05, 0) is 13.3 Å². The molecule has 0 bridgehead atoms. The van der Waals surface area contributed by atoms with Crippen LogP contribution in [0, 0.1) is 5.92 Å². The van der Waals surface area contributed by atoms with Gasteiger partial charge in [-0.25, -0.2) is 9.97 Å². The number of nitrogens with zero attached hydrogens (tertiary/aromatic N) is 2. The molecule has 1 aromatic heterocycles. The maximum atomic E-state index is 12.1. The summed E-state index contributed by atoms with van der Waals surface area (Å²) < 4.78 is 9.77. The van der Waals surface area contributed by atoms with E-state index >= 15 is 0 Å². The standard InChI is InChI=1S/C12H16N2O4/c1-4-8(12(16)18-5-2)11(15)9-6-10(17-3)14-7-13-9/h6-8H,4-5H2,1-3H3. The third-order valence-electron chi connectivity index (χ3n) is 2.40. The van der Waals surface area contributed by atoms with Gasteiger partial charge in [0.2, 0.25) is 5.88 Å². The Labute approximate surface area is 105 Å². The summed E-state index contributed by atoms with van der Waals surface area (Å²) in [5.41, 5.74) is 0.154. The Kier molecular flexibility index (Phi) is 5.23. The first-order valence-electron chi connectivity index (χ1n) is 5.70. The molecule has 1 rings (SSSR count). The normalized spacial score (nSPS) is 11.7. The smallest absolute Gasteiger partial charge is 0.316 e. The van der Waals surface area contributed by atoms with E-state index in [1.165, 1.54) is 19.5 Å². The van der Waals surface area contributed by atoms with Gasteiger partial charge in [0.25, 0.3) is 0 Å². The van der Waals surface area contributed by atoms with Crippen LogP contribution in [0.2, 0.25) is 0 Å². The summed E-state index contributed by atoms with van der Waals surface area (Å²) in [7, 11) is 1.44. The van der Waals surface area contributed by atoms with Gasteiger partial charge in [0.15, 0.2) is 5.78 Å². The summed E-state index contributed by atoms with van der Waals surface area (Å²) in [5.74, 6) is -1.45. The first-order chi connectivity index (χ1) is 8.63. The van der Waals surface area contributed by atoms with Crippen molar-refractivity contribution < 1.29 is 19.1 Å². The van der Waals surface area contributed by atoms with Crippen molar-refractivity contribution in [2.75, 3.05) is 13.7 Å². The summed E-state index contributed by atoms with van der Waals surface area (Å²) in [6.07, 6.45) is 1.59. The highest BCUT2D eigenvalue weighted by molar-refractivity contribution is 6.07. The second-order valence-corrected chi connectivity index (χ2v) is 3.52. The molecule has 0 fully saturated rings. The molecule has 1 aromatic rings. The number of methoxy groups -OCH3 is 1. The van der Waals surface area contributed by atoms with E-state index in [1.807, 2.05) is 0 Å². The van der Waals surface area contributed by atoms with Crippen LogP contribution in [0.4, 0.5) is 0 Å². The number of ether oxygens (including phenoxy) is 2. The first kappa shape index (κ1) is 14.1. The van der Waals surface area contributed by atoms with Crippen molar-refractivity contribution in [3.63, 3.8) is 0 Å². The highest BCUT2D eigenvalue weighted by atomic mass is 16.5. The molecule has 0 saturated carbocycles. The van der Waals surface area contributed by atoms with Gasteiger partial charge < -0.3 is 9.47 Å². The highest BCUT2D eigenvalue weighted by Gasteiger charge is 2.28. The number of carbonyl (C=O) groups excluding carboxylic acids is 2. The zero-order chi connectivity index (χ0) is 13.5. The van der Waals surface area contributed by atoms with Gasteiger partial charge >= 0.3 is 5.97 Å². The Morgan fingerprint density at radius 1 is 1.33 bits per heavy atom. The van der Waals surface area contributed by atoms with Crippen LogP contribution in [0.5, 0.6) is 5.88 Å². The van der Waals surface area contributed by atoms with E-state index in [0.717, 1.165) is 0 Å². The lowest BCUT2D eigenvalue weighted by molar-refractivity contribution is -0.146. The van der Waals surface area contributed by atoms with Gasteiger partial charge in [-0.2, -0.15) is 0 Å². The summed E-state index contributed by atoms with van der Waals surface area (Å²) in [6, 6.07) is 1.41. The minimum Gasteiger partial charge on any atom is -0.481 e. The largest absolute Gasteiger partial charge is 0.481 e. The molecule has 98 valence electrons. The van der Waals surface area contributed by atoms with Gasteiger partial charge in [-0.15, -0.1) is 0 Å². The van der Waals surface area contributed by atoms with Gasteiger partial charge in [0.05, 0.1) is 13.7 Å². The van der Waals surface area contributed by atoms with Crippen LogP contribution in [0.1, 0.15) is 30.8 Å². The Balaban J connectivity index is 2.92. The zero-order valence-electron chi connectivity index (χ0n) is 10.7. The van der Waals surface area contributed by atoms with E-state index in [4.69, 9.17) is 9.47 Å². The Bertz CT molecular complexity index is 434. The summed E-state index contributed by atoms with van der Waals surface area (Å²) in [5, 5.41) is 0. The van der Waals surface area contributed by atoms with Crippen LogP contribution >= 0.6 is 0 Å². The molecule has 0 spiro atoms. The minimum absolute atomic E-state index is 0.154. The number of hydrogen-bond acceptors (Lipinski definition) is 6. The van der Waals surface area contributed by atoms with Crippen LogP contribution in [-0.2, 0) is 9.53 Å². The molecule has 0 aliphatic carbocycles. The van der Waals surface area contributed by atoms with Gasteiger partial charge in [-0.1, -0.05) is 6.92 Å². The van der Waals surface area contributed by atoms with E-state index in [2.05, 4.69) is 9.97 Å². The van der Waals surface area contributed by atoms with Crippen LogP contribution in [-0.4, -0.2) is 35.4 Å². The van der Waals surface area contributed by atoms with Crippen molar-refractivity contribution >= 4 is 11.8 Å². The topological polar surface area (TPSA) is 78.4 Å². The Morgan fingerprint density at radius 2 is 2.06 bits per heavy atom. The first-order valence-corrected chi connectivity index (χ1v) is 5.70. The highest BCUT2D eigenvalue weighted by Crippen LogP contribution is 2.15. The Hall–Kier alpha value is -1.98.